The third kappa shape index (κ3) is 5.11. The van der Waals surface area contributed by atoms with Gasteiger partial charge >= 0.3 is 0 Å². The number of ether oxygens (including phenoxy) is 1. The third-order valence-electron chi connectivity index (χ3n) is 4.48. The van der Waals surface area contributed by atoms with Crippen LogP contribution in [0, 0.1) is 5.82 Å². The Labute approximate surface area is 147 Å². The van der Waals surface area contributed by atoms with Crippen LogP contribution in [0.15, 0.2) is 54.6 Å². The summed E-state index contributed by atoms with van der Waals surface area (Å²) in [5.41, 5.74) is 1.72. The summed E-state index contributed by atoms with van der Waals surface area (Å²) in [6, 6.07) is 16.1. The zero-order valence-electron chi connectivity index (χ0n) is 14.2. The van der Waals surface area contributed by atoms with Crippen molar-refractivity contribution in [2.24, 2.45) is 0 Å². The zero-order chi connectivity index (χ0) is 17.5. The summed E-state index contributed by atoms with van der Waals surface area (Å²) < 4.78 is 18.4. The molecule has 1 amide bonds. The highest BCUT2D eigenvalue weighted by molar-refractivity contribution is 5.94. The predicted octanol–water partition coefficient (Wildman–Crippen LogP) is 2.50. The Bertz CT molecular complexity index is 670. The quantitative estimate of drug-likeness (QED) is 0.877. The van der Waals surface area contributed by atoms with Crippen molar-refractivity contribution in [2.45, 2.75) is 12.5 Å². The molecule has 1 N–H and O–H groups in total. The van der Waals surface area contributed by atoms with Crippen molar-refractivity contribution >= 4 is 5.91 Å². The fraction of sp³-hybridized carbons (Fsp3) is 0.350. The number of carbonyl (C=O) groups excluding carboxylic acids is 1. The molecule has 3 rings (SSSR count). The molecule has 2 aromatic carbocycles. The average molecular weight is 342 g/mol. The van der Waals surface area contributed by atoms with Crippen LogP contribution in [0.2, 0.25) is 0 Å². The first kappa shape index (κ1) is 17.6. The molecule has 1 unspecified atom stereocenters. The Kier molecular flexibility index (Phi) is 6.14. The van der Waals surface area contributed by atoms with Gasteiger partial charge in [-0.2, -0.15) is 0 Å². The van der Waals surface area contributed by atoms with Crippen LogP contribution in [0.3, 0.4) is 0 Å². The van der Waals surface area contributed by atoms with E-state index in [9.17, 15) is 9.18 Å². The lowest BCUT2D eigenvalue weighted by atomic mass is 10.0. The van der Waals surface area contributed by atoms with Crippen LogP contribution >= 0.6 is 0 Å². The first-order chi connectivity index (χ1) is 12.2. The fourth-order valence-corrected chi connectivity index (χ4v) is 3.07. The number of nitrogens with zero attached hydrogens (tertiary/aromatic N) is 1. The Morgan fingerprint density at radius 3 is 2.44 bits per heavy atom. The molecule has 0 aliphatic carbocycles. The van der Waals surface area contributed by atoms with Crippen LogP contribution in [-0.4, -0.2) is 49.7 Å². The van der Waals surface area contributed by atoms with Crippen LogP contribution < -0.4 is 5.32 Å². The van der Waals surface area contributed by atoms with E-state index in [2.05, 4.69) is 22.3 Å². The van der Waals surface area contributed by atoms with Gasteiger partial charge in [0, 0.05) is 31.2 Å². The molecular formula is C20H23FN2O2. The summed E-state index contributed by atoms with van der Waals surface area (Å²) in [6.07, 6.45) is 0.866. The molecule has 0 bridgehead atoms. The summed E-state index contributed by atoms with van der Waals surface area (Å²) in [4.78, 5) is 14.7. The zero-order valence-corrected chi connectivity index (χ0v) is 14.2. The van der Waals surface area contributed by atoms with E-state index in [1.807, 2.05) is 18.2 Å². The third-order valence-corrected chi connectivity index (χ3v) is 4.48. The molecule has 0 aromatic heterocycles. The molecule has 1 saturated heterocycles. The van der Waals surface area contributed by atoms with Gasteiger partial charge in [0.15, 0.2) is 0 Å². The largest absolute Gasteiger partial charge is 0.379 e. The van der Waals surface area contributed by atoms with Crippen molar-refractivity contribution in [3.05, 3.63) is 71.5 Å². The molecular weight excluding hydrogens is 319 g/mol. The van der Waals surface area contributed by atoms with E-state index >= 15 is 0 Å². The van der Waals surface area contributed by atoms with E-state index in [1.165, 1.54) is 29.8 Å². The molecule has 2 aromatic rings. The standard InChI is InChI=1S/C20H23FN2O2/c21-18-8-6-17(7-9-18)20(24)22-15-19(23-10-12-25-13-11-23)14-16-4-2-1-3-5-16/h1-9,19H,10-15H2,(H,22,24). The maximum absolute atomic E-state index is 13.0. The minimum atomic E-state index is -0.341. The Hall–Kier alpha value is -2.24. The van der Waals surface area contributed by atoms with Crippen molar-refractivity contribution in [3.8, 4) is 0 Å². The molecule has 1 atom stereocenters. The molecule has 1 fully saturated rings. The van der Waals surface area contributed by atoms with E-state index in [1.54, 1.807) is 0 Å². The molecule has 0 saturated carbocycles. The molecule has 5 heteroatoms. The number of morpholine rings is 1. The first-order valence-electron chi connectivity index (χ1n) is 8.62. The summed E-state index contributed by atoms with van der Waals surface area (Å²) in [6.45, 7) is 3.72. The van der Waals surface area contributed by atoms with Crippen LogP contribution in [0.25, 0.3) is 0 Å². The smallest absolute Gasteiger partial charge is 0.251 e. The monoisotopic (exact) mass is 342 g/mol. The number of hydrogen-bond acceptors (Lipinski definition) is 3. The van der Waals surface area contributed by atoms with Gasteiger partial charge < -0.3 is 10.1 Å². The number of benzene rings is 2. The molecule has 1 aliphatic heterocycles. The molecule has 1 aliphatic rings. The second-order valence-corrected chi connectivity index (χ2v) is 6.21. The van der Waals surface area contributed by atoms with Crippen LogP contribution in [0.5, 0.6) is 0 Å². The topological polar surface area (TPSA) is 41.6 Å². The van der Waals surface area contributed by atoms with Gasteiger partial charge in [-0.3, -0.25) is 9.69 Å². The van der Waals surface area contributed by atoms with E-state index in [-0.39, 0.29) is 17.8 Å². The van der Waals surface area contributed by atoms with Gasteiger partial charge in [0.25, 0.3) is 5.91 Å². The summed E-state index contributed by atoms with van der Waals surface area (Å²) in [5.74, 6) is -0.516. The van der Waals surface area contributed by atoms with Crippen molar-refractivity contribution in [2.75, 3.05) is 32.8 Å². The highest BCUT2D eigenvalue weighted by Gasteiger charge is 2.22. The Balaban J connectivity index is 1.64. The second kappa shape index (κ2) is 8.74. The van der Waals surface area contributed by atoms with Gasteiger partial charge in [-0.05, 0) is 36.2 Å². The van der Waals surface area contributed by atoms with Gasteiger partial charge in [0.05, 0.1) is 13.2 Å². The number of hydrogen-bond donors (Lipinski definition) is 1. The van der Waals surface area contributed by atoms with Gasteiger partial charge in [-0.15, -0.1) is 0 Å². The molecule has 132 valence electrons. The molecule has 0 spiro atoms. The number of amides is 1. The van der Waals surface area contributed by atoms with Crippen molar-refractivity contribution in [1.29, 1.82) is 0 Å². The number of nitrogens with one attached hydrogen (secondary N) is 1. The highest BCUT2D eigenvalue weighted by atomic mass is 19.1. The SMILES string of the molecule is O=C(NCC(Cc1ccccc1)N1CCOCC1)c1ccc(F)cc1. The minimum absolute atomic E-state index is 0.175. The highest BCUT2D eigenvalue weighted by Crippen LogP contribution is 2.11. The Morgan fingerprint density at radius 1 is 1.08 bits per heavy atom. The average Bonchev–Trinajstić information content (AvgIpc) is 2.67. The van der Waals surface area contributed by atoms with E-state index in [0.29, 0.717) is 12.1 Å². The van der Waals surface area contributed by atoms with Gasteiger partial charge in [-0.25, -0.2) is 4.39 Å². The molecule has 4 nitrogen and oxygen atoms in total. The van der Waals surface area contributed by atoms with Gasteiger partial charge in [0.1, 0.15) is 5.82 Å². The lowest BCUT2D eigenvalue weighted by Gasteiger charge is -2.34. The number of rotatable bonds is 6. The van der Waals surface area contributed by atoms with Crippen LogP contribution in [0.4, 0.5) is 4.39 Å². The van der Waals surface area contributed by atoms with Crippen molar-refractivity contribution in [1.82, 2.24) is 10.2 Å². The van der Waals surface area contributed by atoms with E-state index in [0.717, 1.165) is 32.7 Å². The first-order valence-corrected chi connectivity index (χ1v) is 8.62. The van der Waals surface area contributed by atoms with Crippen molar-refractivity contribution < 1.29 is 13.9 Å². The molecule has 1 heterocycles. The van der Waals surface area contributed by atoms with E-state index < -0.39 is 0 Å². The lowest BCUT2D eigenvalue weighted by Crippen LogP contribution is -2.49. The fourth-order valence-electron chi connectivity index (χ4n) is 3.07. The second-order valence-electron chi connectivity index (χ2n) is 6.21. The summed E-state index contributed by atoms with van der Waals surface area (Å²) in [7, 11) is 0. The maximum atomic E-state index is 13.0. The Morgan fingerprint density at radius 2 is 1.76 bits per heavy atom. The molecule has 0 radical (unpaired) electrons. The van der Waals surface area contributed by atoms with Gasteiger partial charge in [-0.1, -0.05) is 30.3 Å². The summed E-state index contributed by atoms with van der Waals surface area (Å²) in [5, 5.41) is 2.99. The minimum Gasteiger partial charge on any atom is -0.379 e. The van der Waals surface area contributed by atoms with Gasteiger partial charge in [0.2, 0.25) is 0 Å². The van der Waals surface area contributed by atoms with Crippen LogP contribution in [0.1, 0.15) is 15.9 Å². The number of halogens is 1. The van der Waals surface area contributed by atoms with Crippen molar-refractivity contribution in [3.63, 3.8) is 0 Å². The number of carbonyl (C=O) groups is 1. The van der Waals surface area contributed by atoms with E-state index in [4.69, 9.17) is 4.74 Å². The normalized spacial score (nSPS) is 16.4. The van der Waals surface area contributed by atoms with Crippen LogP contribution in [-0.2, 0) is 11.2 Å². The lowest BCUT2D eigenvalue weighted by molar-refractivity contribution is 0.0167. The maximum Gasteiger partial charge on any atom is 0.251 e. The molecule has 25 heavy (non-hydrogen) atoms. The summed E-state index contributed by atoms with van der Waals surface area (Å²) >= 11 is 0. The predicted molar refractivity (Wildman–Crippen MR) is 95.1 cm³/mol.